The molecule has 3 aromatic rings. The number of aromatic hydroxyl groups is 1. The SMILES string of the molecule is CCC(=Nc1ccc(CN)cc1)c1c(O)[nH]c2cc(OC)c(OC)cc12. The van der Waals surface area contributed by atoms with Crippen LogP contribution in [0.5, 0.6) is 17.4 Å². The number of nitrogens with zero attached hydrogens (tertiary/aromatic N) is 1. The van der Waals surface area contributed by atoms with Crippen LogP contribution in [0.2, 0.25) is 0 Å². The minimum absolute atomic E-state index is 0.0782. The Bertz CT molecular complexity index is 943. The third-order valence-corrected chi connectivity index (χ3v) is 4.34. The average molecular weight is 353 g/mol. The molecule has 0 bridgehead atoms. The third kappa shape index (κ3) is 3.23. The summed E-state index contributed by atoms with van der Waals surface area (Å²) in [5.41, 5.74) is 9.72. The maximum atomic E-state index is 10.5. The fourth-order valence-electron chi connectivity index (χ4n) is 2.97. The van der Waals surface area contributed by atoms with Crippen LogP contribution in [0.3, 0.4) is 0 Å². The minimum atomic E-state index is 0.0782. The van der Waals surface area contributed by atoms with Crippen LogP contribution in [0.4, 0.5) is 5.69 Å². The van der Waals surface area contributed by atoms with Crippen molar-refractivity contribution in [2.45, 2.75) is 19.9 Å². The van der Waals surface area contributed by atoms with Crippen LogP contribution in [-0.4, -0.2) is 30.0 Å². The summed E-state index contributed by atoms with van der Waals surface area (Å²) in [6.45, 7) is 2.50. The van der Waals surface area contributed by atoms with Gasteiger partial charge in [0.1, 0.15) is 0 Å². The molecule has 0 saturated heterocycles. The summed E-state index contributed by atoms with van der Waals surface area (Å²) >= 11 is 0. The smallest absolute Gasteiger partial charge is 0.198 e. The quantitative estimate of drug-likeness (QED) is 0.586. The topological polar surface area (TPSA) is 92.9 Å². The molecular weight excluding hydrogens is 330 g/mol. The number of aliphatic imine (C=N–C) groups is 1. The lowest BCUT2D eigenvalue weighted by atomic mass is 10.1. The normalized spacial score (nSPS) is 11.8. The molecule has 0 fully saturated rings. The number of aromatic amines is 1. The number of benzene rings is 2. The van der Waals surface area contributed by atoms with Gasteiger partial charge in [-0.15, -0.1) is 0 Å². The van der Waals surface area contributed by atoms with Gasteiger partial charge in [0.25, 0.3) is 0 Å². The van der Waals surface area contributed by atoms with Crippen LogP contribution in [-0.2, 0) is 6.54 Å². The van der Waals surface area contributed by atoms with Crippen LogP contribution >= 0.6 is 0 Å². The van der Waals surface area contributed by atoms with Gasteiger partial charge in [0.05, 0.1) is 36.7 Å². The van der Waals surface area contributed by atoms with Gasteiger partial charge in [-0.1, -0.05) is 19.1 Å². The molecule has 0 radical (unpaired) electrons. The summed E-state index contributed by atoms with van der Waals surface area (Å²) in [4.78, 5) is 7.72. The zero-order valence-corrected chi connectivity index (χ0v) is 15.2. The second-order valence-electron chi connectivity index (χ2n) is 5.88. The van der Waals surface area contributed by atoms with Gasteiger partial charge in [-0.05, 0) is 30.2 Å². The molecule has 6 heteroatoms. The van der Waals surface area contributed by atoms with Gasteiger partial charge in [0, 0.05) is 18.0 Å². The number of aromatic nitrogens is 1. The zero-order valence-electron chi connectivity index (χ0n) is 15.2. The van der Waals surface area contributed by atoms with E-state index in [1.807, 2.05) is 37.3 Å². The fourth-order valence-corrected chi connectivity index (χ4v) is 2.97. The van der Waals surface area contributed by atoms with E-state index in [1.54, 1.807) is 20.3 Å². The van der Waals surface area contributed by atoms with Crippen molar-refractivity contribution < 1.29 is 14.6 Å². The van der Waals surface area contributed by atoms with E-state index < -0.39 is 0 Å². The van der Waals surface area contributed by atoms with Gasteiger partial charge in [-0.3, -0.25) is 4.99 Å². The molecule has 0 spiro atoms. The Balaban J connectivity index is 2.14. The van der Waals surface area contributed by atoms with E-state index in [1.165, 1.54) is 0 Å². The standard InChI is InChI=1S/C20H23N3O3/c1-4-15(22-13-7-5-12(11-21)6-8-13)19-14-9-17(25-2)18(26-3)10-16(14)23-20(19)24/h5-10,23-24H,4,11,21H2,1-3H3. The molecule has 0 saturated carbocycles. The van der Waals surface area contributed by atoms with E-state index in [-0.39, 0.29) is 5.88 Å². The summed E-state index contributed by atoms with van der Waals surface area (Å²) in [6, 6.07) is 11.4. The molecule has 136 valence electrons. The molecule has 6 nitrogen and oxygen atoms in total. The van der Waals surface area contributed by atoms with Gasteiger partial charge in [0.2, 0.25) is 0 Å². The van der Waals surface area contributed by atoms with Crippen molar-refractivity contribution in [2.75, 3.05) is 14.2 Å². The van der Waals surface area contributed by atoms with Crippen molar-refractivity contribution in [1.82, 2.24) is 4.98 Å². The first-order valence-electron chi connectivity index (χ1n) is 8.44. The summed E-state index contributed by atoms with van der Waals surface area (Å²) in [6.07, 6.45) is 0.660. The Morgan fingerprint density at radius 2 is 1.77 bits per heavy atom. The Labute approximate surface area is 152 Å². The first-order chi connectivity index (χ1) is 12.6. The van der Waals surface area contributed by atoms with Crippen LogP contribution in [0.1, 0.15) is 24.5 Å². The number of methoxy groups -OCH3 is 2. The maximum absolute atomic E-state index is 10.5. The molecule has 0 amide bonds. The second-order valence-corrected chi connectivity index (χ2v) is 5.88. The summed E-state index contributed by atoms with van der Waals surface area (Å²) in [7, 11) is 3.17. The van der Waals surface area contributed by atoms with Gasteiger partial charge < -0.3 is 25.3 Å². The van der Waals surface area contributed by atoms with E-state index in [9.17, 15) is 5.11 Å². The molecule has 26 heavy (non-hydrogen) atoms. The predicted molar refractivity (Wildman–Crippen MR) is 104 cm³/mol. The highest BCUT2D eigenvalue weighted by atomic mass is 16.5. The number of hydrogen-bond donors (Lipinski definition) is 3. The van der Waals surface area contributed by atoms with Gasteiger partial charge >= 0.3 is 0 Å². The van der Waals surface area contributed by atoms with Gasteiger partial charge in [-0.2, -0.15) is 0 Å². The van der Waals surface area contributed by atoms with Crippen LogP contribution < -0.4 is 15.2 Å². The molecule has 3 rings (SSSR count). The van der Waals surface area contributed by atoms with E-state index in [0.717, 1.165) is 27.9 Å². The van der Waals surface area contributed by atoms with Crippen LogP contribution in [0.25, 0.3) is 10.9 Å². The summed E-state index contributed by atoms with van der Waals surface area (Å²) < 4.78 is 10.7. The first kappa shape index (κ1) is 17.8. The van der Waals surface area contributed by atoms with Gasteiger partial charge in [-0.25, -0.2) is 0 Å². The largest absolute Gasteiger partial charge is 0.494 e. The number of H-pyrrole nitrogens is 1. The number of nitrogens with two attached hydrogens (primary N) is 1. The maximum Gasteiger partial charge on any atom is 0.198 e. The van der Waals surface area contributed by atoms with E-state index in [4.69, 9.17) is 20.2 Å². The number of hydrogen-bond acceptors (Lipinski definition) is 5. The predicted octanol–water partition coefficient (Wildman–Crippen LogP) is 3.88. The van der Waals surface area contributed by atoms with Crippen molar-refractivity contribution in [2.24, 2.45) is 10.7 Å². The zero-order chi connectivity index (χ0) is 18.7. The number of nitrogens with one attached hydrogen (secondary N) is 1. The molecule has 2 aromatic carbocycles. The molecule has 0 aliphatic carbocycles. The number of fused-ring (bicyclic) bond motifs is 1. The molecule has 0 aliphatic heterocycles. The third-order valence-electron chi connectivity index (χ3n) is 4.34. The molecule has 1 aromatic heterocycles. The van der Waals surface area contributed by atoms with Crippen molar-refractivity contribution in [3.63, 3.8) is 0 Å². The van der Waals surface area contributed by atoms with Crippen molar-refractivity contribution in [3.8, 4) is 17.4 Å². The lowest BCUT2D eigenvalue weighted by Crippen LogP contribution is -1.99. The Kier molecular flexibility index (Phi) is 5.14. The molecule has 4 N–H and O–H groups in total. The van der Waals surface area contributed by atoms with Crippen molar-refractivity contribution in [3.05, 3.63) is 47.5 Å². The Morgan fingerprint density at radius 1 is 1.12 bits per heavy atom. The van der Waals surface area contributed by atoms with Crippen molar-refractivity contribution >= 4 is 22.3 Å². The molecule has 1 heterocycles. The first-order valence-corrected chi connectivity index (χ1v) is 8.44. The highest BCUT2D eigenvalue weighted by Gasteiger charge is 2.18. The van der Waals surface area contributed by atoms with E-state index >= 15 is 0 Å². The number of ether oxygens (including phenoxy) is 2. The summed E-state index contributed by atoms with van der Waals surface area (Å²) in [5.74, 6) is 1.28. The van der Waals surface area contributed by atoms with E-state index in [0.29, 0.717) is 30.0 Å². The van der Waals surface area contributed by atoms with E-state index in [2.05, 4.69) is 4.98 Å². The monoisotopic (exact) mass is 353 g/mol. The Morgan fingerprint density at radius 3 is 2.35 bits per heavy atom. The summed E-state index contributed by atoms with van der Waals surface area (Å²) in [5, 5.41) is 11.3. The van der Waals surface area contributed by atoms with Crippen LogP contribution in [0, 0.1) is 0 Å². The molecule has 0 atom stereocenters. The average Bonchev–Trinajstić information content (AvgIpc) is 3.00. The lowest BCUT2D eigenvalue weighted by Gasteiger charge is -2.09. The molecular formula is C20H23N3O3. The highest BCUT2D eigenvalue weighted by Crippen LogP contribution is 2.37. The highest BCUT2D eigenvalue weighted by molar-refractivity contribution is 6.14. The number of rotatable bonds is 6. The van der Waals surface area contributed by atoms with Gasteiger partial charge in [0.15, 0.2) is 17.4 Å². The van der Waals surface area contributed by atoms with Crippen LogP contribution in [0.15, 0.2) is 41.4 Å². The molecule has 0 aliphatic rings. The Hall–Kier alpha value is -2.99. The minimum Gasteiger partial charge on any atom is -0.494 e. The fraction of sp³-hybridized carbons (Fsp3) is 0.250. The second kappa shape index (κ2) is 7.49. The van der Waals surface area contributed by atoms with Crippen molar-refractivity contribution in [1.29, 1.82) is 0 Å². The molecule has 0 unspecified atom stereocenters. The lowest BCUT2D eigenvalue weighted by molar-refractivity contribution is 0.356.